The van der Waals surface area contributed by atoms with Crippen LogP contribution in [0, 0.1) is 13.8 Å². The Kier molecular flexibility index (Phi) is 6.04. The second-order valence-corrected chi connectivity index (χ2v) is 7.49. The zero-order valence-electron chi connectivity index (χ0n) is 15.1. The number of benzene rings is 2. The second kappa shape index (κ2) is 8.46. The monoisotopic (exact) mass is 439 g/mol. The molecule has 1 heterocycles. The summed E-state index contributed by atoms with van der Waals surface area (Å²) in [5, 5.41) is 14.4. The second-order valence-electron chi connectivity index (χ2n) is 6.23. The molecule has 0 spiro atoms. The van der Waals surface area contributed by atoms with Crippen molar-refractivity contribution in [1.29, 1.82) is 0 Å². The molecule has 3 nitrogen and oxygen atoms in total. The van der Waals surface area contributed by atoms with Crippen LogP contribution < -0.4 is 9.88 Å². The Morgan fingerprint density at radius 2 is 1.70 bits per heavy atom. The Balaban J connectivity index is 2.09. The molecule has 0 unspecified atom stereocenters. The molecule has 136 valence electrons. The summed E-state index contributed by atoms with van der Waals surface area (Å²) >= 11 is 9.19. The van der Waals surface area contributed by atoms with E-state index in [1.165, 1.54) is 5.56 Å². The van der Waals surface area contributed by atoms with Gasteiger partial charge in [0.05, 0.1) is 0 Å². The fourth-order valence-corrected chi connectivity index (χ4v) is 3.60. The quantitative estimate of drug-likeness (QED) is 0.237. The fraction of sp³-hybridized carbons (Fsp3) is 0.0909. The predicted molar refractivity (Wildman–Crippen MR) is 119 cm³/mol. The number of nitrogens with zero attached hydrogens (tertiary/aromatic N) is 1. The molecule has 0 aliphatic carbocycles. The molecule has 2 N–H and O–H groups in total. The number of aliphatic hydroxyl groups excluding tert-OH is 1. The smallest absolute Gasteiger partial charge is 0.288 e. The number of aromatic nitrogens is 1. The van der Waals surface area contributed by atoms with Gasteiger partial charge in [-0.1, -0.05) is 64.0 Å². The molecule has 0 amide bonds. The van der Waals surface area contributed by atoms with Crippen LogP contribution in [-0.4, -0.2) is 10.1 Å². The van der Waals surface area contributed by atoms with Crippen molar-refractivity contribution in [3.05, 3.63) is 94.2 Å². The fourth-order valence-electron chi connectivity index (χ4n) is 2.81. The summed E-state index contributed by atoms with van der Waals surface area (Å²) < 4.78 is 2.61. The first-order valence-corrected chi connectivity index (χ1v) is 9.71. The minimum absolute atomic E-state index is 0.0981. The van der Waals surface area contributed by atoms with E-state index < -0.39 is 0 Å². The van der Waals surface area contributed by atoms with Crippen LogP contribution in [0.25, 0.3) is 11.5 Å². The SMILES string of the molecule is Cc1ccc(NC(=S)/C(=C(\O)c2ccccc2Br)[n+]2ccccc2)c(C)c1. The molecule has 0 bridgehead atoms. The van der Waals surface area contributed by atoms with E-state index in [2.05, 4.69) is 34.2 Å². The number of aryl methyl sites for hydroxylation is 2. The summed E-state index contributed by atoms with van der Waals surface area (Å²) in [6.45, 7) is 4.09. The molecule has 1 aromatic heterocycles. The van der Waals surface area contributed by atoms with Crippen LogP contribution in [0.1, 0.15) is 16.7 Å². The number of pyridine rings is 1. The van der Waals surface area contributed by atoms with E-state index in [-0.39, 0.29) is 5.76 Å². The number of nitrogens with one attached hydrogen (secondary N) is 1. The first-order valence-electron chi connectivity index (χ1n) is 8.51. The van der Waals surface area contributed by atoms with Crippen LogP contribution in [0.5, 0.6) is 0 Å². The summed E-state index contributed by atoms with van der Waals surface area (Å²) in [5.41, 5.74) is 4.38. The van der Waals surface area contributed by atoms with Crippen molar-refractivity contribution in [2.45, 2.75) is 13.8 Å². The maximum atomic E-state index is 11.1. The first kappa shape index (κ1) is 19.3. The molecule has 5 heteroatoms. The third kappa shape index (κ3) is 4.43. The lowest BCUT2D eigenvalue weighted by molar-refractivity contribution is -0.575. The van der Waals surface area contributed by atoms with Crippen molar-refractivity contribution in [2.75, 3.05) is 5.32 Å². The molecule has 0 radical (unpaired) electrons. The van der Waals surface area contributed by atoms with E-state index in [9.17, 15) is 5.11 Å². The molecule has 27 heavy (non-hydrogen) atoms. The van der Waals surface area contributed by atoms with Crippen molar-refractivity contribution in [3.8, 4) is 0 Å². The minimum atomic E-state index is 0.0981. The van der Waals surface area contributed by atoms with E-state index in [1.54, 1.807) is 0 Å². The van der Waals surface area contributed by atoms with Gasteiger partial charge in [0.2, 0.25) is 0 Å². The highest BCUT2D eigenvalue weighted by Crippen LogP contribution is 2.26. The van der Waals surface area contributed by atoms with Gasteiger partial charge in [-0.25, -0.2) is 0 Å². The number of aliphatic hydroxyl groups is 1. The summed E-state index contributed by atoms with van der Waals surface area (Å²) in [5.74, 6) is 0.0981. The van der Waals surface area contributed by atoms with Gasteiger partial charge in [-0.15, -0.1) is 0 Å². The molecule has 0 fully saturated rings. The summed E-state index contributed by atoms with van der Waals surface area (Å²) in [4.78, 5) is 0.436. The summed E-state index contributed by atoms with van der Waals surface area (Å²) in [7, 11) is 0. The number of halogens is 1. The predicted octanol–water partition coefficient (Wildman–Crippen LogP) is 5.68. The van der Waals surface area contributed by atoms with Gasteiger partial charge in [-0.3, -0.25) is 0 Å². The van der Waals surface area contributed by atoms with Gasteiger partial charge in [0.1, 0.15) is 0 Å². The molecule has 0 atom stereocenters. The van der Waals surface area contributed by atoms with Gasteiger partial charge in [0.15, 0.2) is 23.1 Å². The number of hydrogen-bond donors (Lipinski definition) is 2. The van der Waals surface area contributed by atoms with Gasteiger partial charge in [-0.2, -0.15) is 4.57 Å². The van der Waals surface area contributed by atoms with E-state index in [1.807, 2.05) is 78.5 Å². The zero-order chi connectivity index (χ0) is 19.4. The maximum absolute atomic E-state index is 11.1. The number of thiocarbonyl (C=S) groups is 1. The van der Waals surface area contributed by atoms with Gasteiger partial charge < -0.3 is 10.4 Å². The average molecular weight is 440 g/mol. The average Bonchev–Trinajstić information content (AvgIpc) is 2.65. The molecule has 3 aromatic rings. The summed E-state index contributed by atoms with van der Waals surface area (Å²) in [6, 6.07) is 19.4. The minimum Gasteiger partial charge on any atom is -0.502 e. The third-order valence-corrected chi connectivity index (χ3v) is 5.16. The van der Waals surface area contributed by atoms with E-state index in [4.69, 9.17) is 12.2 Å². The lowest BCUT2D eigenvalue weighted by Gasteiger charge is -2.13. The van der Waals surface area contributed by atoms with E-state index >= 15 is 0 Å². The summed E-state index contributed by atoms with van der Waals surface area (Å²) in [6.07, 6.45) is 3.72. The van der Waals surface area contributed by atoms with Crippen LogP contribution in [0.3, 0.4) is 0 Å². The Morgan fingerprint density at radius 1 is 1.00 bits per heavy atom. The van der Waals surface area contributed by atoms with E-state index in [0.717, 1.165) is 15.7 Å². The number of rotatable bonds is 4. The van der Waals surface area contributed by atoms with Gasteiger partial charge in [-0.05, 0) is 37.6 Å². The number of anilines is 1. The highest BCUT2D eigenvalue weighted by atomic mass is 79.9. The molecule has 2 aromatic carbocycles. The van der Waals surface area contributed by atoms with Crippen LogP contribution >= 0.6 is 28.1 Å². The van der Waals surface area contributed by atoms with Gasteiger partial charge in [0.25, 0.3) is 5.70 Å². The Morgan fingerprint density at radius 3 is 2.37 bits per heavy atom. The van der Waals surface area contributed by atoms with Gasteiger partial charge in [0, 0.05) is 27.9 Å². The van der Waals surface area contributed by atoms with Crippen LogP contribution in [0.4, 0.5) is 5.69 Å². The molecule has 0 aliphatic heterocycles. The van der Waals surface area contributed by atoms with Crippen LogP contribution in [-0.2, 0) is 0 Å². The molecular weight excluding hydrogens is 420 g/mol. The van der Waals surface area contributed by atoms with Crippen LogP contribution in [0.15, 0.2) is 77.5 Å². The van der Waals surface area contributed by atoms with Crippen LogP contribution in [0.2, 0.25) is 0 Å². The molecule has 0 saturated heterocycles. The highest BCUT2D eigenvalue weighted by Gasteiger charge is 2.24. The Bertz CT molecular complexity index is 1020. The van der Waals surface area contributed by atoms with Crippen molar-refractivity contribution < 1.29 is 9.67 Å². The van der Waals surface area contributed by atoms with E-state index in [0.29, 0.717) is 16.2 Å². The molecule has 0 saturated carbocycles. The Hall–Kier alpha value is -2.50. The standard InChI is InChI=1S/C22H19BrN2OS/c1-15-10-11-19(16(2)14-15)24-22(27)20(25-12-6-3-7-13-25)21(26)17-8-4-5-9-18(17)23/h3-14H,1-2H3,(H-,24,26,27)/p+1. The molecular formula is C22H20BrN2OS+. The van der Waals surface area contributed by atoms with Crippen molar-refractivity contribution in [3.63, 3.8) is 0 Å². The Labute approximate surface area is 173 Å². The van der Waals surface area contributed by atoms with Crippen molar-refractivity contribution in [2.24, 2.45) is 0 Å². The number of hydrogen-bond acceptors (Lipinski definition) is 2. The lowest BCUT2D eigenvalue weighted by atomic mass is 10.1. The van der Waals surface area contributed by atoms with Gasteiger partial charge >= 0.3 is 0 Å². The maximum Gasteiger partial charge on any atom is 0.288 e. The van der Waals surface area contributed by atoms with Crippen molar-refractivity contribution in [1.82, 2.24) is 0 Å². The largest absolute Gasteiger partial charge is 0.502 e. The normalized spacial score (nSPS) is 11.7. The molecule has 0 aliphatic rings. The molecule has 3 rings (SSSR count). The highest BCUT2D eigenvalue weighted by molar-refractivity contribution is 9.10. The lowest BCUT2D eigenvalue weighted by Crippen LogP contribution is -2.38. The topological polar surface area (TPSA) is 36.1 Å². The first-order chi connectivity index (χ1) is 13.0. The van der Waals surface area contributed by atoms with Crippen molar-refractivity contribution >= 4 is 50.3 Å². The zero-order valence-corrected chi connectivity index (χ0v) is 17.5. The third-order valence-electron chi connectivity index (χ3n) is 4.17.